The summed E-state index contributed by atoms with van der Waals surface area (Å²) in [4.78, 5) is 12.4. The van der Waals surface area contributed by atoms with Gasteiger partial charge in [0.15, 0.2) is 11.0 Å². The second kappa shape index (κ2) is 9.12. The maximum atomic E-state index is 12.4. The van der Waals surface area contributed by atoms with Gasteiger partial charge in [-0.05, 0) is 30.2 Å². The number of hydrogen-bond donors (Lipinski definition) is 0. The Hall–Kier alpha value is -2.51. The molecule has 1 aromatic heterocycles. The standard InChI is InChI=1S/C20H20ClN3O3S/c1-13-8-4-5-9-14(13)18(19(25)26-3)28-20-23-22-17(24(20)2)12-27-16-11-7-6-10-15(16)21/h4-11,18H,12H2,1-3H3. The second-order valence-electron chi connectivity index (χ2n) is 6.05. The van der Waals surface area contributed by atoms with Gasteiger partial charge >= 0.3 is 5.97 Å². The summed E-state index contributed by atoms with van der Waals surface area (Å²) < 4.78 is 12.5. The molecule has 0 radical (unpaired) electrons. The van der Waals surface area contributed by atoms with E-state index in [0.29, 0.717) is 21.8 Å². The first kappa shape index (κ1) is 20.2. The van der Waals surface area contributed by atoms with E-state index in [2.05, 4.69) is 10.2 Å². The van der Waals surface area contributed by atoms with Crippen LogP contribution >= 0.6 is 23.4 Å². The molecule has 3 aromatic rings. The number of aromatic nitrogens is 3. The SMILES string of the molecule is COC(=O)C(Sc1nnc(COc2ccccc2Cl)n1C)c1ccccc1C. The lowest BCUT2D eigenvalue weighted by atomic mass is 10.1. The predicted octanol–water partition coefficient (Wildman–Crippen LogP) is 4.36. The minimum atomic E-state index is -0.536. The molecule has 0 aliphatic carbocycles. The van der Waals surface area contributed by atoms with Crippen molar-refractivity contribution in [2.75, 3.05) is 7.11 Å². The van der Waals surface area contributed by atoms with Gasteiger partial charge in [-0.25, -0.2) is 0 Å². The average molecular weight is 418 g/mol. The van der Waals surface area contributed by atoms with Crippen LogP contribution in [0, 0.1) is 6.92 Å². The quantitative estimate of drug-likeness (QED) is 0.420. The van der Waals surface area contributed by atoms with Crippen LogP contribution in [0.2, 0.25) is 5.02 Å². The highest BCUT2D eigenvalue weighted by molar-refractivity contribution is 8.00. The van der Waals surface area contributed by atoms with E-state index in [4.69, 9.17) is 21.1 Å². The molecular formula is C20H20ClN3O3S. The molecule has 1 atom stereocenters. The van der Waals surface area contributed by atoms with Gasteiger partial charge in [-0.3, -0.25) is 4.79 Å². The van der Waals surface area contributed by atoms with E-state index in [1.165, 1.54) is 18.9 Å². The third-order valence-electron chi connectivity index (χ3n) is 4.23. The second-order valence-corrected chi connectivity index (χ2v) is 7.53. The van der Waals surface area contributed by atoms with Gasteiger partial charge in [0.25, 0.3) is 0 Å². The zero-order valence-electron chi connectivity index (χ0n) is 15.8. The summed E-state index contributed by atoms with van der Waals surface area (Å²) in [5, 5.41) is 8.99. The number of para-hydroxylation sites is 1. The van der Waals surface area contributed by atoms with Gasteiger partial charge in [0.1, 0.15) is 17.6 Å². The summed E-state index contributed by atoms with van der Waals surface area (Å²) in [7, 11) is 3.22. The highest BCUT2D eigenvalue weighted by Crippen LogP contribution is 2.36. The maximum absolute atomic E-state index is 12.4. The number of rotatable bonds is 7. The molecule has 0 saturated carbocycles. The topological polar surface area (TPSA) is 66.2 Å². The minimum absolute atomic E-state index is 0.209. The Morgan fingerprint density at radius 3 is 2.61 bits per heavy atom. The number of thioether (sulfide) groups is 1. The van der Waals surface area contributed by atoms with Crippen molar-refractivity contribution in [3.05, 3.63) is 70.5 Å². The number of carbonyl (C=O) groups is 1. The van der Waals surface area contributed by atoms with Crippen molar-refractivity contribution in [1.29, 1.82) is 0 Å². The first-order valence-electron chi connectivity index (χ1n) is 8.57. The van der Waals surface area contributed by atoms with Crippen LogP contribution in [0.1, 0.15) is 22.2 Å². The third kappa shape index (κ3) is 4.48. The van der Waals surface area contributed by atoms with Gasteiger partial charge in [0.05, 0.1) is 12.1 Å². The van der Waals surface area contributed by atoms with Crippen LogP contribution in [-0.2, 0) is 23.2 Å². The van der Waals surface area contributed by atoms with E-state index in [1.807, 2.05) is 50.4 Å². The monoisotopic (exact) mass is 417 g/mol. The maximum Gasteiger partial charge on any atom is 0.323 e. The number of ether oxygens (including phenoxy) is 2. The summed E-state index contributed by atoms with van der Waals surface area (Å²) in [6, 6.07) is 15.0. The van der Waals surface area contributed by atoms with E-state index >= 15 is 0 Å². The molecule has 28 heavy (non-hydrogen) atoms. The Kier molecular flexibility index (Phi) is 6.59. The van der Waals surface area contributed by atoms with Crippen molar-refractivity contribution in [1.82, 2.24) is 14.8 Å². The van der Waals surface area contributed by atoms with Crippen molar-refractivity contribution < 1.29 is 14.3 Å². The molecule has 8 heteroatoms. The summed E-state index contributed by atoms with van der Waals surface area (Å²) >= 11 is 7.41. The molecule has 1 unspecified atom stereocenters. The number of hydrogen-bond acceptors (Lipinski definition) is 6. The van der Waals surface area contributed by atoms with E-state index in [-0.39, 0.29) is 12.6 Å². The lowest BCUT2D eigenvalue weighted by Gasteiger charge is -2.16. The molecule has 3 rings (SSSR count). The van der Waals surface area contributed by atoms with Gasteiger partial charge < -0.3 is 14.0 Å². The largest absolute Gasteiger partial charge is 0.484 e. The fourth-order valence-electron chi connectivity index (χ4n) is 2.61. The smallest absolute Gasteiger partial charge is 0.323 e. The number of benzene rings is 2. The van der Waals surface area contributed by atoms with E-state index < -0.39 is 5.25 Å². The van der Waals surface area contributed by atoms with E-state index in [9.17, 15) is 4.79 Å². The molecule has 0 saturated heterocycles. The van der Waals surface area contributed by atoms with Crippen LogP contribution in [0.4, 0.5) is 0 Å². The molecular weight excluding hydrogens is 398 g/mol. The van der Waals surface area contributed by atoms with Gasteiger partial charge in [-0.1, -0.05) is 59.8 Å². The highest BCUT2D eigenvalue weighted by Gasteiger charge is 2.27. The molecule has 0 bridgehead atoms. The zero-order chi connectivity index (χ0) is 20.1. The number of halogens is 1. The first-order chi connectivity index (χ1) is 13.5. The number of nitrogens with zero attached hydrogens (tertiary/aromatic N) is 3. The number of esters is 1. The van der Waals surface area contributed by atoms with Crippen molar-refractivity contribution >= 4 is 29.3 Å². The van der Waals surface area contributed by atoms with Crippen molar-refractivity contribution in [3.63, 3.8) is 0 Å². The van der Waals surface area contributed by atoms with Crippen LogP contribution in [0.15, 0.2) is 53.7 Å². The van der Waals surface area contributed by atoms with Crippen molar-refractivity contribution in [3.8, 4) is 5.75 Å². The summed E-state index contributed by atoms with van der Waals surface area (Å²) in [5.74, 6) is 0.862. The molecule has 6 nitrogen and oxygen atoms in total. The minimum Gasteiger partial charge on any atom is -0.484 e. The molecule has 0 aliphatic heterocycles. The van der Waals surface area contributed by atoms with Crippen LogP contribution in [0.5, 0.6) is 5.75 Å². The summed E-state index contributed by atoms with van der Waals surface area (Å²) in [6.07, 6.45) is 0. The molecule has 0 N–H and O–H groups in total. The molecule has 0 fully saturated rings. The first-order valence-corrected chi connectivity index (χ1v) is 9.82. The van der Waals surface area contributed by atoms with Crippen molar-refractivity contribution in [2.45, 2.75) is 23.9 Å². The number of aryl methyl sites for hydroxylation is 1. The average Bonchev–Trinajstić information content (AvgIpc) is 3.05. The Labute approximate surface area is 172 Å². The molecule has 0 spiro atoms. The van der Waals surface area contributed by atoms with Crippen LogP contribution < -0.4 is 4.74 Å². The van der Waals surface area contributed by atoms with Crippen LogP contribution in [-0.4, -0.2) is 27.8 Å². The zero-order valence-corrected chi connectivity index (χ0v) is 17.3. The fraction of sp³-hybridized carbons (Fsp3) is 0.250. The predicted molar refractivity (Wildman–Crippen MR) is 109 cm³/mol. The number of carbonyl (C=O) groups excluding carboxylic acids is 1. The lowest BCUT2D eigenvalue weighted by Crippen LogP contribution is -2.13. The van der Waals surface area contributed by atoms with E-state index in [0.717, 1.165) is 11.1 Å². The highest BCUT2D eigenvalue weighted by atomic mass is 35.5. The molecule has 0 aliphatic rings. The Bertz CT molecular complexity index is 977. The summed E-state index contributed by atoms with van der Waals surface area (Å²) in [6.45, 7) is 2.17. The number of methoxy groups -OCH3 is 1. The molecule has 146 valence electrons. The van der Waals surface area contributed by atoms with Gasteiger partial charge in [0, 0.05) is 7.05 Å². The Morgan fingerprint density at radius 1 is 1.18 bits per heavy atom. The third-order valence-corrected chi connectivity index (χ3v) is 5.79. The van der Waals surface area contributed by atoms with Crippen LogP contribution in [0.3, 0.4) is 0 Å². The molecule has 0 amide bonds. The van der Waals surface area contributed by atoms with Gasteiger partial charge in [-0.15, -0.1) is 10.2 Å². The van der Waals surface area contributed by atoms with Crippen molar-refractivity contribution in [2.24, 2.45) is 7.05 Å². The molecule has 1 heterocycles. The van der Waals surface area contributed by atoms with Gasteiger partial charge in [0.2, 0.25) is 0 Å². The lowest BCUT2D eigenvalue weighted by molar-refractivity contribution is -0.140. The van der Waals surface area contributed by atoms with Crippen LogP contribution in [0.25, 0.3) is 0 Å². The molecule has 2 aromatic carbocycles. The van der Waals surface area contributed by atoms with E-state index in [1.54, 1.807) is 16.7 Å². The normalized spacial score (nSPS) is 11.9. The Balaban J connectivity index is 1.79. The summed E-state index contributed by atoms with van der Waals surface area (Å²) in [5.41, 5.74) is 1.89. The Morgan fingerprint density at radius 2 is 1.89 bits per heavy atom. The van der Waals surface area contributed by atoms with Gasteiger partial charge in [-0.2, -0.15) is 0 Å². The fourth-order valence-corrected chi connectivity index (χ4v) is 3.95.